The van der Waals surface area contributed by atoms with Crippen LogP contribution in [0.5, 0.6) is 0 Å². The van der Waals surface area contributed by atoms with Crippen LogP contribution in [-0.2, 0) is 0 Å². The van der Waals surface area contributed by atoms with E-state index in [4.69, 9.17) is 0 Å². The van der Waals surface area contributed by atoms with Crippen LogP contribution in [0.1, 0.15) is 40.0 Å². The summed E-state index contributed by atoms with van der Waals surface area (Å²) < 4.78 is 0. The second kappa shape index (κ2) is 7.29. The maximum absolute atomic E-state index is 3.51. The number of likely N-dealkylation sites (N-methyl/N-ethyl adjacent to an activating group) is 1. The lowest BCUT2D eigenvalue weighted by Crippen LogP contribution is -2.34. The van der Waals surface area contributed by atoms with Gasteiger partial charge in [-0.2, -0.15) is 0 Å². The summed E-state index contributed by atoms with van der Waals surface area (Å²) in [6.07, 6.45) is 4.35. The standard InChI is InChI=1S/C14H30N2/c1-12(2)10-15-8-9-16(4)11-14-7-5-6-13(14)3/h12-15H,5-11H2,1-4H3. The Labute approximate surface area is 102 Å². The van der Waals surface area contributed by atoms with Gasteiger partial charge in [-0.05, 0) is 37.8 Å². The molecule has 96 valence electrons. The van der Waals surface area contributed by atoms with Crippen LogP contribution in [0.15, 0.2) is 0 Å². The van der Waals surface area contributed by atoms with Crippen molar-refractivity contribution in [2.45, 2.75) is 40.0 Å². The Morgan fingerprint density at radius 1 is 1.31 bits per heavy atom. The van der Waals surface area contributed by atoms with Crippen molar-refractivity contribution in [2.24, 2.45) is 17.8 Å². The third-order valence-electron chi connectivity index (χ3n) is 3.81. The summed E-state index contributed by atoms with van der Waals surface area (Å²) in [6, 6.07) is 0. The molecular formula is C14H30N2. The van der Waals surface area contributed by atoms with Crippen LogP contribution < -0.4 is 5.32 Å². The summed E-state index contributed by atoms with van der Waals surface area (Å²) in [4.78, 5) is 2.50. The number of rotatable bonds is 7. The van der Waals surface area contributed by atoms with Crippen molar-refractivity contribution in [3.05, 3.63) is 0 Å². The number of nitrogens with one attached hydrogen (secondary N) is 1. The number of nitrogens with zero attached hydrogens (tertiary/aromatic N) is 1. The normalized spacial score (nSPS) is 25.9. The monoisotopic (exact) mass is 226 g/mol. The van der Waals surface area contributed by atoms with E-state index < -0.39 is 0 Å². The van der Waals surface area contributed by atoms with Gasteiger partial charge < -0.3 is 10.2 Å². The molecule has 1 aliphatic rings. The van der Waals surface area contributed by atoms with E-state index >= 15 is 0 Å². The van der Waals surface area contributed by atoms with Crippen molar-refractivity contribution < 1.29 is 0 Å². The maximum atomic E-state index is 3.51. The summed E-state index contributed by atoms with van der Waals surface area (Å²) >= 11 is 0. The predicted octanol–water partition coefficient (Wildman–Crippen LogP) is 2.60. The Kier molecular flexibility index (Phi) is 6.37. The Hall–Kier alpha value is -0.0800. The molecule has 0 aromatic heterocycles. The van der Waals surface area contributed by atoms with Crippen LogP contribution in [0.2, 0.25) is 0 Å². The second-order valence-electron chi connectivity index (χ2n) is 6.03. The van der Waals surface area contributed by atoms with Crippen LogP contribution in [0.3, 0.4) is 0 Å². The van der Waals surface area contributed by atoms with Crippen LogP contribution >= 0.6 is 0 Å². The highest BCUT2D eigenvalue weighted by molar-refractivity contribution is 4.76. The zero-order valence-electron chi connectivity index (χ0n) is 11.6. The molecule has 0 aromatic rings. The molecule has 0 aliphatic heterocycles. The third kappa shape index (κ3) is 5.31. The van der Waals surface area contributed by atoms with Crippen LogP contribution in [-0.4, -0.2) is 38.1 Å². The summed E-state index contributed by atoms with van der Waals surface area (Å²) in [5.74, 6) is 2.67. The minimum absolute atomic E-state index is 0.764. The summed E-state index contributed by atoms with van der Waals surface area (Å²) in [6.45, 7) is 11.7. The highest BCUT2D eigenvalue weighted by atomic mass is 15.1. The van der Waals surface area contributed by atoms with Gasteiger partial charge in [0, 0.05) is 19.6 Å². The Morgan fingerprint density at radius 3 is 2.62 bits per heavy atom. The molecule has 0 amide bonds. The molecule has 1 fully saturated rings. The predicted molar refractivity (Wildman–Crippen MR) is 71.7 cm³/mol. The molecule has 1 N–H and O–H groups in total. The van der Waals surface area contributed by atoms with Crippen molar-refractivity contribution in [1.82, 2.24) is 10.2 Å². The van der Waals surface area contributed by atoms with E-state index in [2.05, 4.69) is 38.0 Å². The van der Waals surface area contributed by atoms with Gasteiger partial charge in [0.15, 0.2) is 0 Å². The second-order valence-corrected chi connectivity index (χ2v) is 6.03. The van der Waals surface area contributed by atoms with Crippen LogP contribution in [0, 0.1) is 17.8 Å². The molecule has 2 unspecified atom stereocenters. The molecule has 0 radical (unpaired) electrons. The molecule has 1 aliphatic carbocycles. The largest absolute Gasteiger partial charge is 0.315 e. The van der Waals surface area contributed by atoms with Gasteiger partial charge in [0.05, 0.1) is 0 Å². The smallest absolute Gasteiger partial charge is 0.0104 e. The van der Waals surface area contributed by atoms with Gasteiger partial charge in [-0.25, -0.2) is 0 Å². The number of hydrogen-bond acceptors (Lipinski definition) is 2. The highest BCUT2D eigenvalue weighted by Crippen LogP contribution is 2.31. The van der Waals surface area contributed by atoms with Gasteiger partial charge in [0.25, 0.3) is 0 Å². The van der Waals surface area contributed by atoms with E-state index in [-0.39, 0.29) is 0 Å². The Morgan fingerprint density at radius 2 is 2.06 bits per heavy atom. The third-order valence-corrected chi connectivity index (χ3v) is 3.81. The molecule has 0 bridgehead atoms. The van der Waals surface area contributed by atoms with Gasteiger partial charge in [0.1, 0.15) is 0 Å². The Balaban J connectivity index is 2.04. The minimum atomic E-state index is 0.764. The first kappa shape index (κ1) is 14.0. The van der Waals surface area contributed by atoms with Gasteiger partial charge in [-0.3, -0.25) is 0 Å². The Bertz CT molecular complexity index is 180. The highest BCUT2D eigenvalue weighted by Gasteiger charge is 2.23. The molecule has 0 heterocycles. The average molecular weight is 226 g/mol. The first-order valence-electron chi connectivity index (χ1n) is 6.99. The topological polar surface area (TPSA) is 15.3 Å². The lowest BCUT2D eigenvalue weighted by atomic mass is 9.98. The number of hydrogen-bond donors (Lipinski definition) is 1. The molecule has 2 heteroatoms. The van der Waals surface area contributed by atoms with Gasteiger partial charge >= 0.3 is 0 Å². The van der Waals surface area contributed by atoms with E-state index in [1.807, 2.05) is 0 Å². The summed E-state index contributed by atoms with van der Waals surface area (Å²) in [5, 5.41) is 3.51. The first-order chi connectivity index (χ1) is 7.59. The molecule has 0 spiro atoms. The van der Waals surface area contributed by atoms with Crippen molar-refractivity contribution in [3.8, 4) is 0 Å². The van der Waals surface area contributed by atoms with Crippen LogP contribution in [0.4, 0.5) is 0 Å². The molecule has 1 rings (SSSR count). The fourth-order valence-electron chi connectivity index (χ4n) is 2.65. The van der Waals surface area contributed by atoms with Crippen molar-refractivity contribution >= 4 is 0 Å². The van der Waals surface area contributed by atoms with Gasteiger partial charge in [0.2, 0.25) is 0 Å². The fraction of sp³-hybridized carbons (Fsp3) is 1.00. The summed E-state index contributed by atoms with van der Waals surface area (Å²) in [5.41, 5.74) is 0. The SMILES string of the molecule is CC(C)CNCCN(C)CC1CCCC1C. The average Bonchev–Trinajstić information content (AvgIpc) is 2.59. The summed E-state index contributed by atoms with van der Waals surface area (Å²) in [7, 11) is 2.27. The lowest BCUT2D eigenvalue weighted by Gasteiger charge is -2.23. The van der Waals surface area contributed by atoms with Gasteiger partial charge in [-0.1, -0.05) is 33.6 Å². The van der Waals surface area contributed by atoms with E-state index in [0.29, 0.717) is 0 Å². The fourth-order valence-corrected chi connectivity index (χ4v) is 2.65. The van der Waals surface area contributed by atoms with Crippen molar-refractivity contribution in [1.29, 1.82) is 0 Å². The molecule has 2 atom stereocenters. The van der Waals surface area contributed by atoms with E-state index in [9.17, 15) is 0 Å². The van der Waals surface area contributed by atoms with Gasteiger partial charge in [-0.15, -0.1) is 0 Å². The van der Waals surface area contributed by atoms with E-state index in [0.717, 1.165) is 30.8 Å². The van der Waals surface area contributed by atoms with E-state index in [1.165, 1.54) is 32.4 Å². The molecule has 16 heavy (non-hydrogen) atoms. The molecule has 0 saturated heterocycles. The minimum Gasteiger partial charge on any atom is -0.315 e. The zero-order valence-corrected chi connectivity index (χ0v) is 11.6. The first-order valence-corrected chi connectivity index (χ1v) is 6.99. The lowest BCUT2D eigenvalue weighted by molar-refractivity contribution is 0.247. The maximum Gasteiger partial charge on any atom is 0.0104 e. The molecular weight excluding hydrogens is 196 g/mol. The molecule has 0 aromatic carbocycles. The van der Waals surface area contributed by atoms with E-state index in [1.54, 1.807) is 0 Å². The van der Waals surface area contributed by atoms with Crippen molar-refractivity contribution in [3.63, 3.8) is 0 Å². The van der Waals surface area contributed by atoms with Crippen LogP contribution in [0.25, 0.3) is 0 Å². The van der Waals surface area contributed by atoms with Crippen molar-refractivity contribution in [2.75, 3.05) is 33.2 Å². The zero-order chi connectivity index (χ0) is 12.0. The molecule has 1 saturated carbocycles. The quantitative estimate of drug-likeness (QED) is 0.671. The molecule has 2 nitrogen and oxygen atoms in total.